The van der Waals surface area contributed by atoms with Gasteiger partial charge in [-0.15, -0.1) is 0 Å². The number of amides is 1. The van der Waals surface area contributed by atoms with E-state index in [1.54, 1.807) is 18.2 Å². The average molecular weight is 282 g/mol. The van der Waals surface area contributed by atoms with Crippen LogP contribution in [0.4, 0.5) is 0 Å². The van der Waals surface area contributed by atoms with Crippen LogP contribution in [0, 0.1) is 0 Å². The molecule has 5 nitrogen and oxygen atoms in total. The van der Waals surface area contributed by atoms with Gasteiger partial charge in [-0.25, -0.2) is 0 Å². The zero-order valence-electron chi connectivity index (χ0n) is 10.9. The molecule has 1 atom stereocenters. The Bertz CT molecular complexity index is 536. The van der Waals surface area contributed by atoms with Gasteiger partial charge >= 0.3 is 0 Å². The minimum Gasteiger partial charge on any atom is -0.469 e. The number of H-pyrrole nitrogens is 1. The molecule has 0 spiro atoms. The fourth-order valence-electron chi connectivity index (χ4n) is 1.80. The van der Waals surface area contributed by atoms with E-state index in [0.717, 1.165) is 18.6 Å². The number of hydrogen-bond acceptors (Lipinski definition) is 3. The zero-order valence-corrected chi connectivity index (χ0v) is 11.6. The molecule has 1 N–H and O–H groups in total. The van der Waals surface area contributed by atoms with Crippen LogP contribution in [0.15, 0.2) is 29.0 Å². The number of aromatic nitrogens is 2. The number of aryl methyl sites for hydroxylation is 1. The van der Waals surface area contributed by atoms with Gasteiger partial charge in [0, 0.05) is 19.5 Å². The summed E-state index contributed by atoms with van der Waals surface area (Å²) in [7, 11) is 1.76. The number of halogens is 1. The average Bonchev–Trinajstić information content (AvgIpc) is 3.05. The maximum Gasteiger partial charge on any atom is 0.273 e. The van der Waals surface area contributed by atoms with Crippen LogP contribution in [-0.4, -0.2) is 34.1 Å². The van der Waals surface area contributed by atoms with Crippen molar-refractivity contribution in [1.29, 1.82) is 0 Å². The summed E-state index contributed by atoms with van der Waals surface area (Å²) in [6.07, 6.45) is 4.69. The molecular formula is C13H16ClN3O2. The zero-order chi connectivity index (χ0) is 13.8. The van der Waals surface area contributed by atoms with Crippen LogP contribution in [0.1, 0.15) is 29.6 Å². The molecule has 2 aromatic heterocycles. The molecule has 0 radical (unpaired) electrons. The van der Waals surface area contributed by atoms with Crippen molar-refractivity contribution in [2.24, 2.45) is 0 Å². The van der Waals surface area contributed by atoms with E-state index in [1.807, 2.05) is 19.1 Å². The quantitative estimate of drug-likeness (QED) is 0.916. The van der Waals surface area contributed by atoms with Crippen LogP contribution in [0.25, 0.3) is 0 Å². The second-order valence-electron chi connectivity index (χ2n) is 4.48. The standard InChI is InChI=1S/C13H16ClN3O2/c1-9(5-6-10-4-3-7-19-10)17(2)13(18)12-11(14)8-15-16-12/h3-4,7-9H,5-6H2,1-2H3,(H,15,16). The Morgan fingerprint density at radius 3 is 3.00 bits per heavy atom. The van der Waals surface area contributed by atoms with Crippen molar-refractivity contribution in [2.75, 3.05) is 7.05 Å². The van der Waals surface area contributed by atoms with E-state index < -0.39 is 0 Å². The molecule has 0 aromatic carbocycles. The molecule has 102 valence electrons. The summed E-state index contributed by atoms with van der Waals surface area (Å²) < 4.78 is 5.27. The molecule has 0 aliphatic rings. The maximum absolute atomic E-state index is 12.2. The largest absolute Gasteiger partial charge is 0.469 e. The van der Waals surface area contributed by atoms with Crippen LogP contribution in [0.2, 0.25) is 5.02 Å². The maximum atomic E-state index is 12.2. The number of nitrogens with one attached hydrogen (secondary N) is 1. The highest BCUT2D eigenvalue weighted by atomic mass is 35.5. The van der Waals surface area contributed by atoms with Gasteiger partial charge in [-0.1, -0.05) is 11.6 Å². The topological polar surface area (TPSA) is 62.1 Å². The van der Waals surface area contributed by atoms with Crippen molar-refractivity contribution >= 4 is 17.5 Å². The second kappa shape index (κ2) is 5.93. The molecule has 6 heteroatoms. The Morgan fingerprint density at radius 2 is 2.42 bits per heavy atom. The van der Waals surface area contributed by atoms with Gasteiger partial charge in [-0.2, -0.15) is 5.10 Å². The van der Waals surface area contributed by atoms with Crippen molar-refractivity contribution < 1.29 is 9.21 Å². The lowest BCUT2D eigenvalue weighted by molar-refractivity contribution is 0.0730. The molecule has 0 aliphatic heterocycles. The van der Waals surface area contributed by atoms with Crippen molar-refractivity contribution in [3.05, 3.63) is 41.1 Å². The number of carbonyl (C=O) groups is 1. The van der Waals surface area contributed by atoms with Crippen molar-refractivity contribution in [1.82, 2.24) is 15.1 Å². The van der Waals surface area contributed by atoms with E-state index in [9.17, 15) is 4.79 Å². The Morgan fingerprint density at radius 1 is 1.63 bits per heavy atom. The first-order valence-electron chi connectivity index (χ1n) is 6.08. The molecule has 19 heavy (non-hydrogen) atoms. The lowest BCUT2D eigenvalue weighted by atomic mass is 10.1. The fraction of sp³-hybridized carbons (Fsp3) is 0.385. The van der Waals surface area contributed by atoms with Crippen LogP contribution in [0.5, 0.6) is 0 Å². The van der Waals surface area contributed by atoms with Crippen LogP contribution >= 0.6 is 11.6 Å². The second-order valence-corrected chi connectivity index (χ2v) is 4.88. The molecule has 0 bridgehead atoms. The summed E-state index contributed by atoms with van der Waals surface area (Å²) in [6.45, 7) is 1.99. The third-order valence-corrected chi connectivity index (χ3v) is 3.46. The molecule has 1 unspecified atom stereocenters. The number of hydrogen-bond donors (Lipinski definition) is 1. The Labute approximate surface area is 116 Å². The molecular weight excluding hydrogens is 266 g/mol. The summed E-state index contributed by atoms with van der Waals surface area (Å²) in [5, 5.41) is 6.71. The van der Waals surface area contributed by atoms with E-state index in [2.05, 4.69) is 10.2 Å². The molecule has 2 heterocycles. The summed E-state index contributed by atoms with van der Waals surface area (Å²) in [6, 6.07) is 3.87. The Balaban J connectivity index is 1.93. The van der Waals surface area contributed by atoms with E-state index in [1.165, 1.54) is 6.20 Å². The van der Waals surface area contributed by atoms with Crippen molar-refractivity contribution in [2.45, 2.75) is 25.8 Å². The number of nitrogens with zero attached hydrogens (tertiary/aromatic N) is 2. The molecule has 1 amide bonds. The minimum absolute atomic E-state index is 0.0805. The van der Waals surface area contributed by atoms with Crippen LogP contribution < -0.4 is 0 Å². The van der Waals surface area contributed by atoms with Crippen molar-refractivity contribution in [3.8, 4) is 0 Å². The molecule has 0 saturated heterocycles. The number of carbonyl (C=O) groups excluding carboxylic acids is 1. The molecule has 0 aliphatic carbocycles. The predicted molar refractivity (Wildman–Crippen MR) is 72.2 cm³/mol. The molecule has 0 saturated carbocycles. The highest BCUT2D eigenvalue weighted by molar-refractivity contribution is 6.33. The van der Waals surface area contributed by atoms with Gasteiger partial charge in [0.2, 0.25) is 0 Å². The lowest BCUT2D eigenvalue weighted by Crippen LogP contribution is -2.35. The van der Waals surface area contributed by atoms with Gasteiger partial charge in [0.05, 0.1) is 17.5 Å². The number of furan rings is 1. The van der Waals surface area contributed by atoms with Crippen LogP contribution in [-0.2, 0) is 6.42 Å². The number of rotatable bonds is 5. The smallest absolute Gasteiger partial charge is 0.273 e. The van der Waals surface area contributed by atoms with E-state index in [0.29, 0.717) is 10.7 Å². The lowest BCUT2D eigenvalue weighted by Gasteiger charge is -2.24. The number of aromatic amines is 1. The third kappa shape index (κ3) is 3.17. The van der Waals surface area contributed by atoms with Gasteiger partial charge in [0.1, 0.15) is 11.5 Å². The highest BCUT2D eigenvalue weighted by Gasteiger charge is 2.21. The SMILES string of the molecule is CC(CCc1ccco1)N(C)C(=O)c1[nH]ncc1Cl. The summed E-state index contributed by atoms with van der Waals surface area (Å²) in [4.78, 5) is 13.8. The first kappa shape index (κ1) is 13.7. The minimum atomic E-state index is -0.158. The van der Waals surface area contributed by atoms with Gasteiger partial charge in [-0.3, -0.25) is 9.89 Å². The monoisotopic (exact) mass is 281 g/mol. The van der Waals surface area contributed by atoms with Crippen LogP contribution in [0.3, 0.4) is 0 Å². The fourth-order valence-corrected chi connectivity index (χ4v) is 1.97. The van der Waals surface area contributed by atoms with E-state index in [4.69, 9.17) is 16.0 Å². The Hall–Kier alpha value is -1.75. The van der Waals surface area contributed by atoms with E-state index >= 15 is 0 Å². The predicted octanol–water partition coefficient (Wildman–Crippen LogP) is 2.75. The normalized spacial score (nSPS) is 12.4. The summed E-state index contributed by atoms with van der Waals surface area (Å²) >= 11 is 5.89. The first-order chi connectivity index (χ1) is 9.09. The molecule has 0 fully saturated rings. The van der Waals surface area contributed by atoms with Gasteiger partial charge in [0.25, 0.3) is 5.91 Å². The summed E-state index contributed by atoms with van der Waals surface area (Å²) in [5.74, 6) is 0.765. The third-order valence-electron chi connectivity index (χ3n) is 3.18. The summed E-state index contributed by atoms with van der Waals surface area (Å²) in [5.41, 5.74) is 0.328. The Kier molecular flexibility index (Phi) is 4.27. The molecule has 2 rings (SSSR count). The first-order valence-corrected chi connectivity index (χ1v) is 6.45. The molecule has 2 aromatic rings. The van der Waals surface area contributed by atoms with Crippen molar-refractivity contribution in [3.63, 3.8) is 0 Å². The van der Waals surface area contributed by atoms with E-state index in [-0.39, 0.29) is 11.9 Å². The van der Waals surface area contributed by atoms with Gasteiger partial charge < -0.3 is 9.32 Å². The van der Waals surface area contributed by atoms with Gasteiger partial charge in [0.15, 0.2) is 0 Å². The van der Waals surface area contributed by atoms with Gasteiger partial charge in [-0.05, 0) is 25.5 Å². The highest BCUT2D eigenvalue weighted by Crippen LogP contribution is 2.16.